The van der Waals surface area contributed by atoms with Crippen molar-refractivity contribution in [2.24, 2.45) is 0 Å². The molecule has 0 aliphatic carbocycles. The highest BCUT2D eigenvalue weighted by Crippen LogP contribution is 2.35. The summed E-state index contributed by atoms with van der Waals surface area (Å²) in [6.07, 6.45) is 0.259. The number of rotatable bonds is 9. The van der Waals surface area contributed by atoms with Crippen LogP contribution in [0.3, 0.4) is 0 Å². The molecule has 0 heterocycles. The number of sulfonamides is 1. The molecule has 0 saturated heterocycles. The number of amides is 1. The zero-order valence-corrected chi connectivity index (χ0v) is 19.0. The number of benzene rings is 3. The van der Waals surface area contributed by atoms with Crippen LogP contribution in [0.25, 0.3) is 0 Å². The van der Waals surface area contributed by atoms with Crippen LogP contribution in [0.2, 0.25) is 0 Å². The van der Waals surface area contributed by atoms with E-state index in [1.165, 1.54) is 32.4 Å². The van der Waals surface area contributed by atoms with E-state index in [2.05, 4.69) is 11.4 Å². The summed E-state index contributed by atoms with van der Waals surface area (Å²) in [5.41, 5.74) is 1.49. The van der Waals surface area contributed by atoms with Gasteiger partial charge in [-0.3, -0.25) is 9.10 Å². The molecule has 0 unspecified atom stereocenters. The van der Waals surface area contributed by atoms with Crippen molar-refractivity contribution in [3.63, 3.8) is 0 Å². The fraction of sp³-hybridized carbons (Fsp3) is 0.167. The van der Waals surface area contributed by atoms with Crippen molar-refractivity contribution in [3.8, 4) is 17.6 Å². The summed E-state index contributed by atoms with van der Waals surface area (Å²) in [7, 11) is -1.19. The Morgan fingerprint density at radius 2 is 1.70 bits per heavy atom. The van der Waals surface area contributed by atoms with Gasteiger partial charge in [0.1, 0.15) is 18.0 Å². The van der Waals surface area contributed by atoms with Gasteiger partial charge in [0.25, 0.3) is 10.0 Å². The lowest BCUT2D eigenvalue weighted by atomic mass is 10.1. The van der Waals surface area contributed by atoms with Crippen LogP contribution in [0.5, 0.6) is 11.5 Å². The van der Waals surface area contributed by atoms with E-state index in [0.29, 0.717) is 11.4 Å². The smallest absolute Gasteiger partial charge is 0.264 e. The molecular formula is C24H23N3O5S. The largest absolute Gasteiger partial charge is 0.497 e. The van der Waals surface area contributed by atoms with Gasteiger partial charge in [-0.25, -0.2) is 8.42 Å². The minimum absolute atomic E-state index is 0.0385. The predicted octanol–water partition coefficient (Wildman–Crippen LogP) is 3.60. The van der Waals surface area contributed by atoms with Crippen molar-refractivity contribution < 1.29 is 22.7 Å². The van der Waals surface area contributed by atoms with Crippen molar-refractivity contribution in [2.45, 2.75) is 11.3 Å². The molecule has 0 spiro atoms. The average molecular weight is 466 g/mol. The molecule has 0 atom stereocenters. The van der Waals surface area contributed by atoms with E-state index in [1.807, 2.05) is 0 Å². The molecular weight excluding hydrogens is 442 g/mol. The Balaban J connectivity index is 1.96. The molecule has 9 heteroatoms. The van der Waals surface area contributed by atoms with Crippen molar-refractivity contribution >= 4 is 27.3 Å². The van der Waals surface area contributed by atoms with Crippen LogP contribution >= 0.6 is 0 Å². The zero-order valence-electron chi connectivity index (χ0n) is 18.2. The van der Waals surface area contributed by atoms with Crippen molar-refractivity contribution in [3.05, 3.63) is 78.4 Å². The maximum absolute atomic E-state index is 13.5. The first-order valence-corrected chi connectivity index (χ1v) is 11.4. The van der Waals surface area contributed by atoms with Crippen LogP contribution in [-0.4, -0.2) is 35.1 Å². The topological polar surface area (TPSA) is 109 Å². The average Bonchev–Trinajstić information content (AvgIpc) is 2.84. The van der Waals surface area contributed by atoms with E-state index < -0.39 is 22.5 Å². The van der Waals surface area contributed by atoms with E-state index in [1.54, 1.807) is 54.6 Å². The van der Waals surface area contributed by atoms with Gasteiger partial charge in [-0.15, -0.1) is 0 Å². The van der Waals surface area contributed by atoms with Crippen LogP contribution in [0.4, 0.5) is 11.4 Å². The fourth-order valence-electron chi connectivity index (χ4n) is 3.14. The van der Waals surface area contributed by atoms with Crippen molar-refractivity contribution in [1.29, 1.82) is 5.26 Å². The summed E-state index contributed by atoms with van der Waals surface area (Å²) < 4.78 is 38.6. The summed E-state index contributed by atoms with van der Waals surface area (Å²) in [5.74, 6) is 0.178. The van der Waals surface area contributed by atoms with Gasteiger partial charge in [-0.05, 0) is 42.0 Å². The molecule has 0 aliphatic rings. The molecule has 3 aromatic carbocycles. The number of carbonyl (C=O) groups is 1. The molecule has 0 aromatic heterocycles. The van der Waals surface area contributed by atoms with Crippen LogP contribution in [-0.2, 0) is 21.2 Å². The second-order valence-corrected chi connectivity index (χ2v) is 8.80. The zero-order chi connectivity index (χ0) is 23.8. The Morgan fingerprint density at radius 1 is 1.00 bits per heavy atom. The second-order valence-electron chi connectivity index (χ2n) is 6.94. The molecule has 1 N–H and O–H groups in total. The van der Waals surface area contributed by atoms with Gasteiger partial charge in [0.2, 0.25) is 5.91 Å². The Bertz CT molecular complexity index is 1250. The molecule has 8 nitrogen and oxygen atoms in total. The van der Waals surface area contributed by atoms with Crippen LogP contribution < -0.4 is 19.1 Å². The number of ether oxygens (including phenoxy) is 2. The van der Waals surface area contributed by atoms with E-state index >= 15 is 0 Å². The summed E-state index contributed by atoms with van der Waals surface area (Å²) >= 11 is 0. The highest BCUT2D eigenvalue weighted by atomic mass is 32.2. The Labute approximate surface area is 193 Å². The quantitative estimate of drug-likeness (QED) is 0.517. The third-order valence-electron chi connectivity index (χ3n) is 4.79. The Morgan fingerprint density at radius 3 is 2.30 bits per heavy atom. The molecule has 170 valence electrons. The number of hydrogen-bond donors (Lipinski definition) is 1. The summed E-state index contributed by atoms with van der Waals surface area (Å²) in [5, 5.41) is 11.5. The SMILES string of the molecule is COc1ccc(N(CC(=O)Nc2ccc(CC#N)cc2)S(=O)(=O)c2ccccc2)c(OC)c1. The first-order valence-electron chi connectivity index (χ1n) is 9.94. The van der Waals surface area contributed by atoms with Gasteiger partial charge in [0.05, 0.1) is 37.3 Å². The Kier molecular flexibility index (Phi) is 7.53. The maximum Gasteiger partial charge on any atom is 0.264 e. The van der Waals surface area contributed by atoms with Gasteiger partial charge in [0, 0.05) is 11.8 Å². The number of hydrogen-bond acceptors (Lipinski definition) is 6. The molecule has 3 aromatic rings. The summed E-state index contributed by atoms with van der Waals surface area (Å²) in [6, 6.07) is 21.4. The standard InChI is InChI=1S/C24H23N3O5S/c1-31-20-12-13-22(23(16-20)32-2)27(33(29,30)21-6-4-3-5-7-21)17-24(28)26-19-10-8-18(9-11-19)14-15-25/h3-13,16H,14,17H2,1-2H3,(H,26,28). The molecule has 1 amide bonds. The molecule has 0 fully saturated rings. The number of carbonyl (C=O) groups excluding carboxylic acids is 1. The molecule has 33 heavy (non-hydrogen) atoms. The maximum atomic E-state index is 13.5. The third-order valence-corrected chi connectivity index (χ3v) is 6.57. The first-order chi connectivity index (χ1) is 15.9. The lowest BCUT2D eigenvalue weighted by Gasteiger charge is -2.26. The number of nitriles is 1. The molecule has 0 radical (unpaired) electrons. The van der Waals surface area contributed by atoms with Gasteiger partial charge >= 0.3 is 0 Å². The predicted molar refractivity (Wildman–Crippen MR) is 125 cm³/mol. The third kappa shape index (κ3) is 5.61. The molecule has 0 aliphatic heterocycles. The Hall–Kier alpha value is -4.03. The van der Waals surface area contributed by atoms with E-state index in [0.717, 1.165) is 9.87 Å². The van der Waals surface area contributed by atoms with Gasteiger partial charge < -0.3 is 14.8 Å². The van der Waals surface area contributed by atoms with Gasteiger partial charge in [0.15, 0.2) is 0 Å². The highest BCUT2D eigenvalue weighted by Gasteiger charge is 2.29. The number of anilines is 2. The normalized spacial score (nSPS) is 10.7. The fourth-order valence-corrected chi connectivity index (χ4v) is 4.59. The minimum atomic E-state index is -4.09. The van der Waals surface area contributed by atoms with E-state index in [4.69, 9.17) is 14.7 Å². The van der Waals surface area contributed by atoms with E-state index in [-0.39, 0.29) is 22.8 Å². The summed E-state index contributed by atoms with van der Waals surface area (Å²) in [6.45, 7) is -0.486. The number of methoxy groups -OCH3 is 2. The lowest BCUT2D eigenvalue weighted by molar-refractivity contribution is -0.114. The van der Waals surface area contributed by atoms with Crippen molar-refractivity contribution in [1.82, 2.24) is 0 Å². The van der Waals surface area contributed by atoms with Crippen LogP contribution in [0, 0.1) is 11.3 Å². The molecule has 0 saturated carbocycles. The van der Waals surface area contributed by atoms with Gasteiger partial charge in [-0.1, -0.05) is 30.3 Å². The number of nitrogens with zero attached hydrogens (tertiary/aromatic N) is 2. The van der Waals surface area contributed by atoms with E-state index in [9.17, 15) is 13.2 Å². The second kappa shape index (κ2) is 10.5. The summed E-state index contributed by atoms with van der Waals surface area (Å²) in [4.78, 5) is 12.9. The van der Waals surface area contributed by atoms with Gasteiger partial charge in [-0.2, -0.15) is 5.26 Å². The molecule has 3 rings (SSSR count). The van der Waals surface area contributed by atoms with Crippen LogP contribution in [0.15, 0.2) is 77.7 Å². The highest BCUT2D eigenvalue weighted by molar-refractivity contribution is 7.92. The monoisotopic (exact) mass is 465 g/mol. The molecule has 0 bridgehead atoms. The minimum Gasteiger partial charge on any atom is -0.497 e. The first kappa shape index (κ1) is 23.6. The lowest BCUT2D eigenvalue weighted by Crippen LogP contribution is -2.38. The van der Waals surface area contributed by atoms with Crippen LogP contribution in [0.1, 0.15) is 5.56 Å². The van der Waals surface area contributed by atoms with Crippen molar-refractivity contribution in [2.75, 3.05) is 30.4 Å². The number of nitrogens with one attached hydrogen (secondary N) is 1.